The van der Waals surface area contributed by atoms with E-state index in [1.807, 2.05) is 36.0 Å². The summed E-state index contributed by atoms with van der Waals surface area (Å²) in [6.45, 7) is 0. The first-order valence-corrected chi connectivity index (χ1v) is 7.23. The Balaban J connectivity index is 2.01. The first kappa shape index (κ1) is 15.3. The third-order valence-corrected chi connectivity index (χ3v) is 4.13. The molecule has 1 atom stereocenters. The van der Waals surface area contributed by atoms with Crippen LogP contribution < -0.4 is 11.3 Å². The standard InChI is InChI=1S/C14H18Cl2N4/c1-20-11(7-8-18-20)6-5-10(19-17)9-12-13(15)3-2-4-14(12)16/h2-4,7-8,10,19H,5-6,9,17H2,1H3. The van der Waals surface area contributed by atoms with Gasteiger partial charge in [0.25, 0.3) is 0 Å². The van der Waals surface area contributed by atoms with E-state index in [4.69, 9.17) is 29.0 Å². The minimum Gasteiger partial charge on any atom is -0.273 e. The van der Waals surface area contributed by atoms with Crippen molar-refractivity contribution in [3.63, 3.8) is 0 Å². The number of halogens is 2. The zero-order valence-corrected chi connectivity index (χ0v) is 12.8. The van der Waals surface area contributed by atoms with Gasteiger partial charge in [0.1, 0.15) is 0 Å². The summed E-state index contributed by atoms with van der Waals surface area (Å²) >= 11 is 12.4. The van der Waals surface area contributed by atoms with E-state index in [0.29, 0.717) is 16.5 Å². The van der Waals surface area contributed by atoms with E-state index in [-0.39, 0.29) is 6.04 Å². The maximum absolute atomic E-state index is 6.19. The molecule has 0 saturated heterocycles. The average molecular weight is 313 g/mol. The van der Waals surface area contributed by atoms with Gasteiger partial charge in [0, 0.05) is 35.0 Å². The number of hydrogen-bond donors (Lipinski definition) is 2. The Morgan fingerprint density at radius 3 is 2.55 bits per heavy atom. The Bertz CT molecular complexity index is 548. The molecule has 20 heavy (non-hydrogen) atoms. The SMILES string of the molecule is Cn1nccc1CCC(Cc1c(Cl)cccc1Cl)NN. The topological polar surface area (TPSA) is 55.9 Å². The molecule has 2 rings (SSSR count). The molecule has 2 aromatic rings. The number of hydrazine groups is 1. The van der Waals surface area contributed by atoms with Gasteiger partial charge < -0.3 is 0 Å². The summed E-state index contributed by atoms with van der Waals surface area (Å²) in [7, 11) is 1.94. The average Bonchev–Trinajstić information content (AvgIpc) is 2.83. The van der Waals surface area contributed by atoms with Crippen LogP contribution in [0.25, 0.3) is 0 Å². The van der Waals surface area contributed by atoms with Crippen LogP contribution in [-0.4, -0.2) is 15.8 Å². The molecule has 108 valence electrons. The van der Waals surface area contributed by atoms with Crippen LogP contribution >= 0.6 is 23.2 Å². The van der Waals surface area contributed by atoms with E-state index in [9.17, 15) is 0 Å². The molecule has 1 heterocycles. The summed E-state index contributed by atoms with van der Waals surface area (Å²) in [6.07, 6.45) is 4.28. The molecule has 0 bridgehead atoms. The summed E-state index contributed by atoms with van der Waals surface area (Å²) in [5.74, 6) is 5.64. The summed E-state index contributed by atoms with van der Waals surface area (Å²) < 4.78 is 1.87. The predicted molar refractivity (Wildman–Crippen MR) is 82.8 cm³/mol. The number of nitrogens with two attached hydrogens (primary N) is 1. The van der Waals surface area contributed by atoms with Crippen molar-refractivity contribution in [1.82, 2.24) is 15.2 Å². The highest BCUT2D eigenvalue weighted by Gasteiger charge is 2.13. The first-order valence-electron chi connectivity index (χ1n) is 6.47. The van der Waals surface area contributed by atoms with Crippen LogP contribution in [0.1, 0.15) is 17.7 Å². The summed E-state index contributed by atoms with van der Waals surface area (Å²) in [5.41, 5.74) is 4.95. The van der Waals surface area contributed by atoms with Crippen molar-refractivity contribution in [2.24, 2.45) is 12.9 Å². The van der Waals surface area contributed by atoms with Crippen LogP contribution in [0.15, 0.2) is 30.5 Å². The molecule has 0 aliphatic rings. The van der Waals surface area contributed by atoms with Gasteiger partial charge >= 0.3 is 0 Å². The summed E-state index contributed by atoms with van der Waals surface area (Å²) in [5, 5.41) is 5.51. The lowest BCUT2D eigenvalue weighted by atomic mass is 10.0. The van der Waals surface area contributed by atoms with Crippen LogP contribution in [0.4, 0.5) is 0 Å². The van der Waals surface area contributed by atoms with Gasteiger partial charge in [-0.05, 0) is 43.0 Å². The Hall–Kier alpha value is -1.07. The lowest BCUT2D eigenvalue weighted by Gasteiger charge is -2.17. The Labute approximate surface area is 128 Å². The molecule has 0 aliphatic carbocycles. The van der Waals surface area contributed by atoms with Crippen molar-refractivity contribution >= 4 is 23.2 Å². The quantitative estimate of drug-likeness (QED) is 0.637. The van der Waals surface area contributed by atoms with Crippen LogP contribution in [-0.2, 0) is 19.9 Å². The molecule has 4 nitrogen and oxygen atoms in total. The highest BCUT2D eigenvalue weighted by Crippen LogP contribution is 2.26. The van der Waals surface area contributed by atoms with Gasteiger partial charge in [-0.1, -0.05) is 29.3 Å². The van der Waals surface area contributed by atoms with Crippen molar-refractivity contribution in [2.75, 3.05) is 0 Å². The molecular formula is C14H18Cl2N4. The number of nitrogens with one attached hydrogen (secondary N) is 1. The normalized spacial score (nSPS) is 12.6. The maximum atomic E-state index is 6.19. The van der Waals surface area contributed by atoms with Crippen LogP contribution in [0, 0.1) is 0 Å². The fourth-order valence-corrected chi connectivity index (χ4v) is 2.74. The number of aryl methyl sites for hydroxylation is 2. The van der Waals surface area contributed by atoms with Crippen molar-refractivity contribution in [3.05, 3.63) is 51.8 Å². The number of rotatable bonds is 6. The smallest absolute Gasteiger partial charge is 0.0492 e. The molecule has 3 N–H and O–H groups in total. The van der Waals surface area contributed by atoms with Gasteiger partial charge in [-0.2, -0.15) is 5.10 Å². The van der Waals surface area contributed by atoms with Gasteiger partial charge in [0.2, 0.25) is 0 Å². The minimum atomic E-state index is 0.113. The van der Waals surface area contributed by atoms with Crippen molar-refractivity contribution in [3.8, 4) is 0 Å². The van der Waals surface area contributed by atoms with E-state index in [1.54, 1.807) is 6.20 Å². The second-order valence-corrected chi connectivity index (χ2v) is 5.57. The summed E-state index contributed by atoms with van der Waals surface area (Å²) in [6, 6.07) is 7.65. The molecule has 1 unspecified atom stereocenters. The molecule has 0 saturated carbocycles. The van der Waals surface area contributed by atoms with Crippen LogP contribution in [0.5, 0.6) is 0 Å². The van der Waals surface area contributed by atoms with Crippen LogP contribution in [0.3, 0.4) is 0 Å². The zero-order valence-electron chi connectivity index (χ0n) is 11.3. The highest BCUT2D eigenvalue weighted by molar-refractivity contribution is 6.35. The van der Waals surface area contributed by atoms with Crippen molar-refractivity contribution < 1.29 is 0 Å². The molecule has 6 heteroatoms. The van der Waals surface area contributed by atoms with Crippen molar-refractivity contribution in [1.29, 1.82) is 0 Å². The van der Waals surface area contributed by atoms with Gasteiger partial charge in [-0.25, -0.2) is 0 Å². The van der Waals surface area contributed by atoms with E-state index in [2.05, 4.69) is 10.5 Å². The lowest BCUT2D eigenvalue weighted by molar-refractivity contribution is 0.484. The third kappa shape index (κ3) is 3.73. The highest BCUT2D eigenvalue weighted by atomic mass is 35.5. The Kier molecular flexibility index (Phi) is 5.43. The third-order valence-electron chi connectivity index (χ3n) is 3.42. The van der Waals surface area contributed by atoms with E-state index in [0.717, 1.165) is 18.4 Å². The molecule has 0 radical (unpaired) electrons. The largest absolute Gasteiger partial charge is 0.273 e. The molecular weight excluding hydrogens is 295 g/mol. The van der Waals surface area contributed by atoms with Crippen LogP contribution in [0.2, 0.25) is 10.0 Å². The molecule has 0 amide bonds. The molecule has 1 aromatic heterocycles. The van der Waals surface area contributed by atoms with E-state index in [1.165, 1.54) is 5.69 Å². The van der Waals surface area contributed by atoms with Gasteiger partial charge in [-0.15, -0.1) is 0 Å². The van der Waals surface area contributed by atoms with Gasteiger partial charge in [0.15, 0.2) is 0 Å². The van der Waals surface area contributed by atoms with Gasteiger partial charge in [0.05, 0.1) is 0 Å². The molecule has 0 fully saturated rings. The molecule has 1 aromatic carbocycles. The number of nitrogens with zero attached hydrogens (tertiary/aromatic N) is 2. The Morgan fingerprint density at radius 2 is 2.00 bits per heavy atom. The molecule has 0 spiro atoms. The fraction of sp³-hybridized carbons (Fsp3) is 0.357. The zero-order chi connectivity index (χ0) is 14.5. The Morgan fingerprint density at radius 1 is 1.30 bits per heavy atom. The molecule has 0 aliphatic heterocycles. The second-order valence-electron chi connectivity index (χ2n) is 4.75. The summed E-state index contributed by atoms with van der Waals surface area (Å²) in [4.78, 5) is 0. The number of aromatic nitrogens is 2. The monoisotopic (exact) mass is 312 g/mol. The van der Waals surface area contributed by atoms with Gasteiger partial charge in [-0.3, -0.25) is 16.0 Å². The number of hydrogen-bond acceptors (Lipinski definition) is 3. The predicted octanol–water partition coefficient (Wildman–Crippen LogP) is 2.73. The maximum Gasteiger partial charge on any atom is 0.0492 e. The second kappa shape index (κ2) is 7.09. The van der Waals surface area contributed by atoms with Crippen molar-refractivity contribution in [2.45, 2.75) is 25.3 Å². The van der Waals surface area contributed by atoms with E-state index < -0.39 is 0 Å². The number of benzene rings is 1. The first-order chi connectivity index (χ1) is 9.61. The lowest BCUT2D eigenvalue weighted by Crippen LogP contribution is -2.37. The fourth-order valence-electron chi connectivity index (χ4n) is 2.19. The minimum absolute atomic E-state index is 0.113. The van der Waals surface area contributed by atoms with E-state index >= 15 is 0 Å².